The van der Waals surface area contributed by atoms with E-state index in [1.54, 1.807) is 12.1 Å². The molecule has 0 amide bonds. The van der Waals surface area contributed by atoms with Crippen LogP contribution in [0.2, 0.25) is 0 Å². The van der Waals surface area contributed by atoms with E-state index in [2.05, 4.69) is 0 Å². The third-order valence-electron chi connectivity index (χ3n) is 2.52. The Labute approximate surface area is 93.8 Å². The third kappa shape index (κ3) is 1.73. The Balaban J connectivity index is 2.64. The van der Waals surface area contributed by atoms with Gasteiger partial charge in [0.15, 0.2) is 0 Å². The molecule has 0 radical (unpaired) electrons. The lowest BCUT2D eigenvalue weighted by Gasteiger charge is -2.10. The van der Waals surface area contributed by atoms with Gasteiger partial charge in [0.25, 0.3) is 0 Å². The first-order valence-corrected chi connectivity index (χ1v) is 5.03. The minimum absolute atomic E-state index is 0.0497. The van der Waals surface area contributed by atoms with Crippen molar-refractivity contribution in [3.63, 3.8) is 0 Å². The van der Waals surface area contributed by atoms with Crippen LogP contribution in [-0.4, -0.2) is 10.2 Å². The molecule has 16 heavy (non-hydrogen) atoms. The molecule has 0 spiro atoms. The van der Waals surface area contributed by atoms with Crippen LogP contribution in [0.15, 0.2) is 42.5 Å². The lowest BCUT2D eigenvalue weighted by Crippen LogP contribution is -1.97. The van der Waals surface area contributed by atoms with Gasteiger partial charge in [0.1, 0.15) is 11.5 Å². The van der Waals surface area contributed by atoms with Crippen molar-refractivity contribution in [2.45, 2.75) is 6.54 Å². The first kappa shape index (κ1) is 10.5. The van der Waals surface area contributed by atoms with Crippen molar-refractivity contribution in [3.8, 4) is 22.6 Å². The molecule has 0 heterocycles. The van der Waals surface area contributed by atoms with Crippen LogP contribution in [0.5, 0.6) is 11.5 Å². The number of phenolic OH excluding ortho intramolecular Hbond substituents is 2. The summed E-state index contributed by atoms with van der Waals surface area (Å²) >= 11 is 0. The number of aromatic hydroxyl groups is 2. The second-order valence-corrected chi connectivity index (χ2v) is 3.54. The second-order valence-electron chi connectivity index (χ2n) is 3.54. The van der Waals surface area contributed by atoms with Gasteiger partial charge in [-0.25, -0.2) is 0 Å². The summed E-state index contributed by atoms with van der Waals surface area (Å²) in [7, 11) is 0. The molecule has 2 aromatic carbocycles. The fraction of sp³-hybridized carbons (Fsp3) is 0.0769. The Hall–Kier alpha value is -2.00. The summed E-state index contributed by atoms with van der Waals surface area (Å²) in [5, 5.41) is 19.7. The Morgan fingerprint density at radius 3 is 2.25 bits per heavy atom. The highest BCUT2D eigenvalue weighted by molar-refractivity contribution is 5.77. The van der Waals surface area contributed by atoms with Crippen LogP contribution in [0, 0.1) is 0 Å². The van der Waals surface area contributed by atoms with Crippen molar-refractivity contribution < 1.29 is 10.2 Å². The highest BCUT2D eigenvalue weighted by atomic mass is 16.3. The van der Waals surface area contributed by atoms with E-state index >= 15 is 0 Å². The van der Waals surface area contributed by atoms with Crippen molar-refractivity contribution in [2.75, 3.05) is 0 Å². The predicted octanol–water partition coefficient (Wildman–Crippen LogP) is 2.22. The maximum Gasteiger partial charge on any atom is 0.131 e. The van der Waals surface area contributed by atoms with Gasteiger partial charge >= 0.3 is 0 Å². The summed E-state index contributed by atoms with van der Waals surface area (Å²) in [4.78, 5) is 0. The topological polar surface area (TPSA) is 66.5 Å². The Morgan fingerprint density at radius 1 is 0.938 bits per heavy atom. The van der Waals surface area contributed by atoms with E-state index in [-0.39, 0.29) is 18.0 Å². The van der Waals surface area contributed by atoms with Gasteiger partial charge in [0, 0.05) is 12.1 Å². The highest BCUT2D eigenvalue weighted by Gasteiger charge is 2.12. The number of nitrogens with two attached hydrogens (primary N) is 1. The van der Waals surface area contributed by atoms with E-state index in [0.717, 1.165) is 5.56 Å². The highest BCUT2D eigenvalue weighted by Crippen LogP contribution is 2.39. The van der Waals surface area contributed by atoms with Crippen LogP contribution in [-0.2, 0) is 6.54 Å². The summed E-state index contributed by atoms with van der Waals surface area (Å²) in [6.45, 7) is 0.242. The first-order valence-electron chi connectivity index (χ1n) is 5.03. The average Bonchev–Trinajstić information content (AvgIpc) is 2.31. The molecule has 0 unspecified atom stereocenters. The summed E-state index contributed by atoms with van der Waals surface area (Å²) < 4.78 is 0. The minimum atomic E-state index is 0.0497. The molecule has 0 saturated carbocycles. The van der Waals surface area contributed by atoms with Gasteiger partial charge in [-0.1, -0.05) is 36.4 Å². The molecule has 0 saturated heterocycles. The monoisotopic (exact) mass is 215 g/mol. The van der Waals surface area contributed by atoms with Gasteiger partial charge < -0.3 is 15.9 Å². The molecular formula is C13H13NO2. The molecule has 82 valence electrons. The lowest BCUT2D eigenvalue weighted by atomic mass is 10.0. The van der Waals surface area contributed by atoms with Gasteiger partial charge in [0.2, 0.25) is 0 Å². The van der Waals surface area contributed by atoms with E-state index in [1.165, 1.54) is 0 Å². The van der Waals surface area contributed by atoms with Crippen LogP contribution >= 0.6 is 0 Å². The normalized spacial score (nSPS) is 10.3. The van der Waals surface area contributed by atoms with E-state index in [4.69, 9.17) is 5.73 Å². The van der Waals surface area contributed by atoms with Crippen LogP contribution in [0.1, 0.15) is 5.56 Å². The SMILES string of the molecule is NCc1ccc(O)c(-c2ccccc2)c1O. The molecule has 0 atom stereocenters. The van der Waals surface area contributed by atoms with Crippen molar-refractivity contribution >= 4 is 0 Å². The molecule has 0 aliphatic heterocycles. The van der Waals surface area contributed by atoms with Crippen LogP contribution in [0.25, 0.3) is 11.1 Å². The van der Waals surface area contributed by atoms with Crippen molar-refractivity contribution in [2.24, 2.45) is 5.73 Å². The summed E-state index contributed by atoms with van der Waals surface area (Å²) in [6.07, 6.45) is 0. The average molecular weight is 215 g/mol. The molecule has 2 aromatic rings. The van der Waals surface area contributed by atoms with E-state index in [9.17, 15) is 10.2 Å². The maximum absolute atomic E-state index is 9.98. The fourth-order valence-corrected chi connectivity index (χ4v) is 1.68. The van der Waals surface area contributed by atoms with Crippen LogP contribution in [0.4, 0.5) is 0 Å². The predicted molar refractivity (Wildman–Crippen MR) is 63.1 cm³/mol. The maximum atomic E-state index is 9.98. The Bertz CT molecular complexity index is 495. The van der Waals surface area contributed by atoms with Gasteiger partial charge in [-0.3, -0.25) is 0 Å². The quantitative estimate of drug-likeness (QED) is 0.719. The molecule has 2 rings (SSSR count). The van der Waals surface area contributed by atoms with Gasteiger partial charge in [0.05, 0.1) is 5.56 Å². The van der Waals surface area contributed by atoms with Gasteiger partial charge in [-0.05, 0) is 11.6 Å². The molecular weight excluding hydrogens is 202 g/mol. The lowest BCUT2D eigenvalue weighted by molar-refractivity contribution is 0.450. The smallest absolute Gasteiger partial charge is 0.131 e. The molecule has 0 aromatic heterocycles. The number of benzene rings is 2. The van der Waals surface area contributed by atoms with Crippen LogP contribution < -0.4 is 5.73 Å². The van der Waals surface area contributed by atoms with Crippen molar-refractivity contribution in [1.82, 2.24) is 0 Å². The molecule has 4 N–H and O–H groups in total. The van der Waals surface area contributed by atoms with E-state index in [0.29, 0.717) is 11.1 Å². The number of rotatable bonds is 2. The first-order chi connectivity index (χ1) is 7.74. The van der Waals surface area contributed by atoms with E-state index in [1.807, 2.05) is 30.3 Å². The summed E-state index contributed by atoms with van der Waals surface area (Å²) in [6, 6.07) is 12.4. The van der Waals surface area contributed by atoms with Gasteiger partial charge in [-0.15, -0.1) is 0 Å². The molecule has 3 nitrogen and oxygen atoms in total. The zero-order chi connectivity index (χ0) is 11.5. The van der Waals surface area contributed by atoms with Gasteiger partial charge in [-0.2, -0.15) is 0 Å². The Kier molecular flexibility index (Phi) is 2.79. The fourth-order valence-electron chi connectivity index (χ4n) is 1.68. The number of hydrogen-bond donors (Lipinski definition) is 3. The minimum Gasteiger partial charge on any atom is -0.507 e. The number of phenols is 2. The Morgan fingerprint density at radius 2 is 1.62 bits per heavy atom. The standard InChI is InChI=1S/C13H13NO2/c14-8-10-6-7-11(15)12(13(10)16)9-4-2-1-3-5-9/h1-7,15-16H,8,14H2. The molecule has 3 heteroatoms. The zero-order valence-electron chi connectivity index (χ0n) is 8.72. The molecule has 0 aliphatic rings. The van der Waals surface area contributed by atoms with Crippen molar-refractivity contribution in [3.05, 3.63) is 48.0 Å². The molecule has 0 fully saturated rings. The largest absolute Gasteiger partial charge is 0.507 e. The number of hydrogen-bond acceptors (Lipinski definition) is 3. The molecule has 0 aliphatic carbocycles. The summed E-state index contributed by atoms with van der Waals surface area (Å²) in [5.41, 5.74) is 7.33. The van der Waals surface area contributed by atoms with E-state index < -0.39 is 0 Å². The second kappa shape index (κ2) is 4.24. The third-order valence-corrected chi connectivity index (χ3v) is 2.52. The summed E-state index contributed by atoms with van der Waals surface area (Å²) in [5.74, 6) is 0.106. The zero-order valence-corrected chi connectivity index (χ0v) is 8.72. The van der Waals surface area contributed by atoms with Crippen LogP contribution in [0.3, 0.4) is 0 Å². The molecule has 0 bridgehead atoms. The van der Waals surface area contributed by atoms with Crippen molar-refractivity contribution in [1.29, 1.82) is 0 Å².